The molecule has 1 fully saturated rings. The van der Waals surface area contributed by atoms with Crippen LogP contribution >= 0.6 is 12.9 Å². The van der Waals surface area contributed by atoms with E-state index in [9.17, 15) is 0 Å². The molecule has 2 nitrogen and oxygen atoms in total. The molecule has 0 aromatic carbocycles. The van der Waals surface area contributed by atoms with Crippen molar-refractivity contribution in [3.8, 4) is 0 Å². The molecule has 0 spiro atoms. The molecule has 0 radical (unpaired) electrons. The third kappa shape index (κ3) is 5.09. The fourth-order valence-electron chi connectivity index (χ4n) is 1.10. The largest absolute Gasteiger partial charge is 0.322 e. The van der Waals surface area contributed by atoms with Crippen LogP contribution in [0.15, 0.2) is 0 Å². The van der Waals surface area contributed by atoms with Crippen molar-refractivity contribution in [2.24, 2.45) is 0 Å². The highest BCUT2D eigenvalue weighted by Gasteiger charge is 2.06. The van der Waals surface area contributed by atoms with Crippen LogP contribution < -0.4 is 0 Å². The molecule has 10 heavy (non-hydrogen) atoms. The van der Waals surface area contributed by atoms with Crippen LogP contribution in [0.25, 0.3) is 0 Å². The van der Waals surface area contributed by atoms with Crippen LogP contribution in [0, 0.1) is 0 Å². The van der Waals surface area contributed by atoms with E-state index in [1.165, 1.54) is 39.6 Å². The quantitative estimate of drug-likeness (QED) is 0.465. The number of thiol groups is 1. The van der Waals surface area contributed by atoms with Crippen LogP contribution in [-0.2, 0) is 4.18 Å². The molecule has 0 aliphatic carbocycles. The first-order chi connectivity index (χ1) is 4.85. The van der Waals surface area contributed by atoms with Gasteiger partial charge in [-0.2, -0.15) is 0 Å². The Kier molecular flexibility index (Phi) is 7.58. The Hall–Kier alpha value is 0.270. The van der Waals surface area contributed by atoms with Gasteiger partial charge in [0.2, 0.25) is 0 Å². The fraction of sp³-hybridized carbons (Fsp3) is 1.00. The molecule has 0 aromatic rings. The van der Waals surface area contributed by atoms with Crippen molar-refractivity contribution in [1.29, 1.82) is 0 Å². The summed E-state index contributed by atoms with van der Waals surface area (Å²) >= 11 is 3.29. The van der Waals surface area contributed by atoms with E-state index in [0.29, 0.717) is 0 Å². The lowest BCUT2D eigenvalue weighted by molar-refractivity contribution is 0.359. The summed E-state index contributed by atoms with van der Waals surface area (Å²) in [4.78, 5) is 2.49. The molecule has 0 bridgehead atoms. The van der Waals surface area contributed by atoms with Gasteiger partial charge in [-0.05, 0) is 45.4 Å². The summed E-state index contributed by atoms with van der Waals surface area (Å²) in [6.45, 7) is 6.16. The van der Waals surface area contributed by atoms with Gasteiger partial charge in [0.25, 0.3) is 0 Å². The maximum atomic E-state index is 3.94. The first-order valence-corrected chi connectivity index (χ1v) is 4.11. The van der Waals surface area contributed by atoms with E-state index in [2.05, 4.69) is 28.9 Å². The predicted octanol–water partition coefficient (Wildman–Crippen LogP) is 1.58. The van der Waals surface area contributed by atoms with Crippen LogP contribution in [0.5, 0.6) is 0 Å². The highest BCUT2D eigenvalue weighted by atomic mass is 32.1. The SMILES string of the molecule is CCN1CCCC1.COS. The third-order valence-electron chi connectivity index (χ3n) is 1.65. The minimum absolute atomic E-state index is 1.25. The van der Waals surface area contributed by atoms with Crippen molar-refractivity contribution in [1.82, 2.24) is 4.90 Å². The molecule has 3 heteroatoms. The molecule has 0 atom stereocenters. The normalized spacial score (nSPS) is 18.3. The second-order valence-corrected chi connectivity index (χ2v) is 2.69. The highest BCUT2D eigenvalue weighted by molar-refractivity contribution is 7.75. The van der Waals surface area contributed by atoms with Crippen molar-refractivity contribution < 1.29 is 4.18 Å². The Morgan fingerprint density at radius 1 is 1.40 bits per heavy atom. The van der Waals surface area contributed by atoms with E-state index in [-0.39, 0.29) is 0 Å². The van der Waals surface area contributed by atoms with E-state index in [1.807, 2.05) is 0 Å². The summed E-state index contributed by atoms with van der Waals surface area (Å²) in [6.07, 6.45) is 2.85. The van der Waals surface area contributed by atoms with Crippen molar-refractivity contribution in [3.63, 3.8) is 0 Å². The van der Waals surface area contributed by atoms with Gasteiger partial charge in [0.05, 0.1) is 0 Å². The molecule has 0 aromatic heterocycles. The molecule has 0 saturated carbocycles. The van der Waals surface area contributed by atoms with Gasteiger partial charge in [0.1, 0.15) is 0 Å². The standard InChI is InChI=1S/C6H13N.CH4OS/c1-2-7-5-3-4-6-7;1-2-3/h2-6H2,1H3;3H,1H3. The Labute approximate surface area is 69.2 Å². The Balaban J connectivity index is 0.000000236. The van der Waals surface area contributed by atoms with Crippen LogP contribution in [-0.4, -0.2) is 31.6 Å². The maximum absolute atomic E-state index is 3.94. The van der Waals surface area contributed by atoms with Crippen molar-refractivity contribution in [3.05, 3.63) is 0 Å². The van der Waals surface area contributed by atoms with Crippen molar-refractivity contribution in [2.75, 3.05) is 26.7 Å². The van der Waals surface area contributed by atoms with Gasteiger partial charge in [0, 0.05) is 7.11 Å². The van der Waals surface area contributed by atoms with Gasteiger partial charge >= 0.3 is 0 Å². The number of nitrogens with zero attached hydrogens (tertiary/aromatic N) is 1. The molecular formula is C7H17NOS. The van der Waals surface area contributed by atoms with Gasteiger partial charge in [-0.25, -0.2) is 0 Å². The first kappa shape index (κ1) is 10.3. The number of rotatable bonds is 1. The molecule has 0 N–H and O–H groups in total. The summed E-state index contributed by atoms with van der Waals surface area (Å²) in [7, 11) is 1.49. The predicted molar refractivity (Wildman–Crippen MR) is 47.3 cm³/mol. The van der Waals surface area contributed by atoms with Crippen LogP contribution in [0.3, 0.4) is 0 Å². The topological polar surface area (TPSA) is 12.5 Å². The van der Waals surface area contributed by atoms with Gasteiger partial charge in [-0.15, -0.1) is 0 Å². The van der Waals surface area contributed by atoms with Gasteiger partial charge in [0.15, 0.2) is 0 Å². The molecule has 0 amide bonds. The molecule has 1 aliphatic rings. The minimum atomic E-state index is 1.25. The lowest BCUT2D eigenvalue weighted by Gasteiger charge is -2.08. The summed E-state index contributed by atoms with van der Waals surface area (Å²) in [5, 5.41) is 0. The van der Waals surface area contributed by atoms with Crippen LogP contribution in [0.2, 0.25) is 0 Å². The zero-order valence-electron chi connectivity index (χ0n) is 6.84. The average Bonchev–Trinajstić information content (AvgIpc) is 2.39. The second-order valence-electron chi connectivity index (χ2n) is 2.32. The van der Waals surface area contributed by atoms with Crippen molar-refractivity contribution >= 4 is 12.9 Å². The zero-order chi connectivity index (χ0) is 7.82. The first-order valence-electron chi connectivity index (χ1n) is 3.75. The smallest absolute Gasteiger partial charge is 0.0500 e. The van der Waals surface area contributed by atoms with E-state index in [0.717, 1.165) is 0 Å². The van der Waals surface area contributed by atoms with Gasteiger partial charge in [-0.3, -0.25) is 0 Å². The zero-order valence-corrected chi connectivity index (χ0v) is 7.73. The number of hydrogen-bond acceptors (Lipinski definition) is 3. The van der Waals surface area contributed by atoms with Crippen LogP contribution in [0.4, 0.5) is 0 Å². The van der Waals surface area contributed by atoms with Gasteiger partial charge in [-0.1, -0.05) is 6.92 Å². The molecule has 1 heterocycles. The molecule has 0 unspecified atom stereocenters. The molecular weight excluding hydrogens is 146 g/mol. The van der Waals surface area contributed by atoms with Gasteiger partial charge < -0.3 is 9.08 Å². The van der Waals surface area contributed by atoms with Crippen molar-refractivity contribution in [2.45, 2.75) is 19.8 Å². The summed E-state index contributed by atoms with van der Waals surface area (Å²) < 4.78 is 3.94. The Bertz CT molecular complexity index is 64.6. The van der Waals surface area contributed by atoms with E-state index in [4.69, 9.17) is 0 Å². The molecule has 1 rings (SSSR count). The van der Waals surface area contributed by atoms with E-state index in [1.54, 1.807) is 0 Å². The van der Waals surface area contributed by atoms with E-state index < -0.39 is 0 Å². The Morgan fingerprint density at radius 3 is 2.00 bits per heavy atom. The fourth-order valence-corrected chi connectivity index (χ4v) is 1.10. The third-order valence-corrected chi connectivity index (χ3v) is 1.65. The molecule has 62 valence electrons. The summed E-state index contributed by atoms with van der Waals surface area (Å²) in [5.74, 6) is 0. The average molecular weight is 163 g/mol. The molecule has 1 saturated heterocycles. The summed E-state index contributed by atoms with van der Waals surface area (Å²) in [6, 6.07) is 0. The highest BCUT2D eigenvalue weighted by Crippen LogP contribution is 2.04. The minimum Gasteiger partial charge on any atom is -0.322 e. The second kappa shape index (κ2) is 7.38. The lowest BCUT2D eigenvalue weighted by Crippen LogP contribution is -2.17. The number of likely N-dealkylation sites (tertiary alicyclic amines) is 1. The Morgan fingerprint density at radius 2 is 1.80 bits per heavy atom. The molecule has 1 aliphatic heterocycles. The van der Waals surface area contributed by atoms with E-state index >= 15 is 0 Å². The lowest BCUT2D eigenvalue weighted by atomic mass is 10.4. The monoisotopic (exact) mass is 163 g/mol. The maximum Gasteiger partial charge on any atom is 0.0500 e. The summed E-state index contributed by atoms with van der Waals surface area (Å²) in [5.41, 5.74) is 0. The number of hydrogen-bond donors (Lipinski definition) is 1. The van der Waals surface area contributed by atoms with Crippen LogP contribution in [0.1, 0.15) is 19.8 Å².